The van der Waals surface area contributed by atoms with Crippen LogP contribution >= 0.6 is 0 Å². The van der Waals surface area contributed by atoms with Gasteiger partial charge >= 0.3 is 0 Å². The van der Waals surface area contributed by atoms with Crippen molar-refractivity contribution in [2.45, 2.75) is 25.0 Å². The summed E-state index contributed by atoms with van der Waals surface area (Å²) in [5.41, 5.74) is 0.523. The summed E-state index contributed by atoms with van der Waals surface area (Å²) in [5, 5.41) is 0. The Hall–Kier alpha value is -1.20. The number of piperidine rings is 1. The van der Waals surface area contributed by atoms with Crippen molar-refractivity contribution in [2.75, 3.05) is 27.2 Å². The zero-order valence-corrected chi connectivity index (χ0v) is 10.8. The highest BCUT2D eigenvalue weighted by Gasteiger charge is 2.43. The second kappa shape index (κ2) is 4.48. The first-order chi connectivity index (χ1) is 8.67. The maximum atomic E-state index is 13.8. The summed E-state index contributed by atoms with van der Waals surface area (Å²) in [6.07, 6.45) is 2.82. The number of fused-ring (bicyclic) bond motifs is 2. The first kappa shape index (κ1) is 11.9. The monoisotopic (exact) mass is 251 g/mol. The lowest BCUT2D eigenvalue weighted by molar-refractivity contribution is -0.0680. The summed E-state index contributed by atoms with van der Waals surface area (Å²) in [7, 11) is 3.66. The van der Waals surface area contributed by atoms with Gasteiger partial charge in [-0.15, -0.1) is 0 Å². The van der Waals surface area contributed by atoms with Gasteiger partial charge in [-0.2, -0.15) is 0 Å². The van der Waals surface area contributed by atoms with Crippen molar-refractivity contribution in [1.82, 2.24) is 14.8 Å². The largest absolute Gasteiger partial charge is 0.495 e. The van der Waals surface area contributed by atoms with Gasteiger partial charge in [-0.25, -0.2) is 4.39 Å². The van der Waals surface area contributed by atoms with Crippen LogP contribution in [-0.2, 0) is 6.54 Å². The van der Waals surface area contributed by atoms with E-state index in [0.29, 0.717) is 30.1 Å². The summed E-state index contributed by atoms with van der Waals surface area (Å²) in [6, 6.07) is 2.54. The highest BCUT2D eigenvalue weighted by Crippen LogP contribution is 2.33. The molecule has 1 aromatic rings. The number of nitrogens with zero attached hydrogens (tertiary/aromatic N) is 3. The molecule has 2 bridgehead atoms. The molecule has 5 heteroatoms. The fourth-order valence-corrected chi connectivity index (χ4v) is 3.01. The van der Waals surface area contributed by atoms with E-state index >= 15 is 0 Å². The average Bonchev–Trinajstić information content (AvgIpc) is 2.36. The zero-order chi connectivity index (χ0) is 12.7. The SMILES string of the molecule is COc1cnc(CN2C3CC2CN(C)C3)c(F)c1. The molecule has 1 aromatic heterocycles. The quantitative estimate of drug-likeness (QED) is 0.805. The Morgan fingerprint density at radius 1 is 1.44 bits per heavy atom. The van der Waals surface area contributed by atoms with Crippen LogP contribution in [0, 0.1) is 5.82 Å². The first-order valence-electron chi connectivity index (χ1n) is 6.30. The molecule has 2 aliphatic rings. The van der Waals surface area contributed by atoms with Gasteiger partial charge in [-0.3, -0.25) is 9.88 Å². The Balaban J connectivity index is 1.70. The van der Waals surface area contributed by atoms with Gasteiger partial charge in [-0.05, 0) is 13.5 Å². The van der Waals surface area contributed by atoms with E-state index in [0.717, 1.165) is 13.1 Å². The molecule has 2 aliphatic heterocycles. The molecular formula is C13H18FN3O. The number of hydrogen-bond acceptors (Lipinski definition) is 4. The van der Waals surface area contributed by atoms with Crippen LogP contribution in [0.3, 0.4) is 0 Å². The van der Waals surface area contributed by atoms with Crippen LogP contribution in [0.15, 0.2) is 12.3 Å². The minimum Gasteiger partial charge on any atom is -0.495 e. The van der Waals surface area contributed by atoms with E-state index in [1.807, 2.05) is 0 Å². The molecule has 3 heterocycles. The fourth-order valence-electron chi connectivity index (χ4n) is 3.01. The van der Waals surface area contributed by atoms with Crippen LogP contribution in [0.1, 0.15) is 12.1 Å². The van der Waals surface area contributed by atoms with Crippen LogP contribution in [-0.4, -0.2) is 54.1 Å². The summed E-state index contributed by atoms with van der Waals surface area (Å²) in [5.74, 6) is 0.201. The number of methoxy groups -OCH3 is 1. The molecule has 0 spiro atoms. The maximum Gasteiger partial charge on any atom is 0.149 e. The summed E-state index contributed by atoms with van der Waals surface area (Å²) in [4.78, 5) is 8.86. The predicted octanol–water partition coefficient (Wildman–Crippen LogP) is 1.12. The normalized spacial score (nSPS) is 27.9. The Bertz CT molecular complexity index is 442. The highest BCUT2D eigenvalue weighted by molar-refractivity contribution is 5.22. The third-order valence-corrected chi connectivity index (χ3v) is 3.99. The van der Waals surface area contributed by atoms with Crippen LogP contribution in [0.2, 0.25) is 0 Å². The molecule has 18 heavy (non-hydrogen) atoms. The van der Waals surface area contributed by atoms with Gasteiger partial charge in [0.25, 0.3) is 0 Å². The topological polar surface area (TPSA) is 28.6 Å². The van der Waals surface area contributed by atoms with Gasteiger partial charge in [0, 0.05) is 37.8 Å². The van der Waals surface area contributed by atoms with E-state index in [-0.39, 0.29) is 5.82 Å². The van der Waals surface area contributed by atoms with Crippen molar-refractivity contribution in [3.8, 4) is 5.75 Å². The number of ether oxygens (including phenoxy) is 1. The van der Waals surface area contributed by atoms with E-state index in [1.165, 1.54) is 19.6 Å². The van der Waals surface area contributed by atoms with Crippen molar-refractivity contribution >= 4 is 0 Å². The van der Waals surface area contributed by atoms with Crippen LogP contribution in [0.25, 0.3) is 0 Å². The molecule has 3 rings (SSSR count). The summed E-state index contributed by atoms with van der Waals surface area (Å²) >= 11 is 0. The summed E-state index contributed by atoms with van der Waals surface area (Å²) < 4.78 is 18.8. The van der Waals surface area contributed by atoms with Crippen molar-refractivity contribution in [1.29, 1.82) is 0 Å². The average molecular weight is 251 g/mol. The third-order valence-electron chi connectivity index (χ3n) is 3.99. The highest BCUT2D eigenvalue weighted by atomic mass is 19.1. The third kappa shape index (κ3) is 1.97. The molecule has 2 saturated heterocycles. The minimum absolute atomic E-state index is 0.271. The Kier molecular flexibility index (Phi) is 2.95. The second-order valence-corrected chi connectivity index (χ2v) is 5.24. The van der Waals surface area contributed by atoms with E-state index in [2.05, 4.69) is 21.8 Å². The molecule has 0 aromatic carbocycles. The number of rotatable bonds is 3. The number of likely N-dealkylation sites (N-methyl/N-ethyl adjacent to an activating group) is 1. The van der Waals surface area contributed by atoms with Crippen molar-refractivity contribution in [3.05, 3.63) is 23.8 Å². The van der Waals surface area contributed by atoms with Gasteiger partial charge in [-0.1, -0.05) is 0 Å². The van der Waals surface area contributed by atoms with Gasteiger partial charge in [0.05, 0.1) is 19.0 Å². The number of pyridine rings is 1. The Labute approximate surface area is 106 Å². The van der Waals surface area contributed by atoms with Gasteiger partial charge in [0.2, 0.25) is 0 Å². The summed E-state index contributed by atoms with van der Waals surface area (Å²) in [6.45, 7) is 2.77. The number of likely N-dealkylation sites (tertiary alicyclic amines) is 2. The zero-order valence-electron chi connectivity index (χ0n) is 10.8. The van der Waals surface area contributed by atoms with Crippen molar-refractivity contribution < 1.29 is 9.13 Å². The molecule has 0 N–H and O–H groups in total. The molecule has 2 fully saturated rings. The fraction of sp³-hybridized carbons (Fsp3) is 0.615. The number of hydrogen-bond donors (Lipinski definition) is 0. The molecular weight excluding hydrogens is 233 g/mol. The van der Waals surface area contributed by atoms with Crippen molar-refractivity contribution in [3.63, 3.8) is 0 Å². The van der Waals surface area contributed by atoms with Crippen molar-refractivity contribution in [2.24, 2.45) is 0 Å². The molecule has 0 amide bonds. The molecule has 0 aliphatic carbocycles. The molecule has 0 radical (unpaired) electrons. The predicted molar refractivity (Wildman–Crippen MR) is 66.0 cm³/mol. The molecule has 2 atom stereocenters. The molecule has 2 unspecified atom stereocenters. The van der Waals surface area contributed by atoms with E-state index in [4.69, 9.17) is 4.74 Å². The van der Waals surface area contributed by atoms with Crippen LogP contribution in [0.4, 0.5) is 4.39 Å². The van der Waals surface area contributed by atoms with E-state index in [9.17, 15) is 4.39 Å². The van der Waals surface area contributed by atoms with Gasteiger partial charge in [0.15, 0.2) is 0 Å². The number of aromatic nitrogens is 1. The van der Waals surface area contributed by atoms with E-state index < -0.39 is 0 Å². The van der Waals surface area contributed by atoms with Gasteiger partial charge in [0.1, 0.15) is 11.6 Å². The smallest absolute Gasteiger partial charge is 0.149 e. The van der Waals surface area contributed by atoms with Crippen LogP contribution in [0.5, 0.6) is 5.75 Å². The first-order valence-corrected chi connectivity index (χ1v) is 6.30. The lowest BCUT2D eigenvalue weighted by Gasteiger charge is -2.55. The van der Waals surface area contributed by atoms with Gasteiger partial charge < -0.3 is 9.64 Å². The number of halogens is 1. The maximum absolute atomic E-state index is 13.8. The standard InChI is InChI=1S/C13H18FN3O/c1-16-6-9-3-10(7-16)17(9)8-13-12(14)4-11(18-2)5-15-13/h4-5,9-10H,3,6-8H2,1-2H3. The van der Waals surface area contributed by atoms with Crippen LogP contribution < -0.4 is 4.74 Å². The Morgan fingerprint density at radius 2 is 2.17 bits per heavy atom. The molecule has 98 valence electrons. The second-order valence-electron chi connectivity index (χ2n) is 5.24. The van der Waals surface area contributed by atoms with E-state index in [1.54, 1.807) is 6.20 Å². The molecule has 0 saturated carbocycles. The Morgan fingerprint density at radius 3 is 2.78 bits per heavy atom. The number of piperazine rings is 1. The lowest BCUT2D eigenvalue weighted by atomic mass is 9.87. The minimum atomic E-state index is -0.271. The molecule has 4 nitrogen and oxygen atoms in total. The lowest BCUT2D eigenvalue weighted by Crippen LogP contribution is -2.67.